The van der Waals surface area contributed by atoms with Gasteiger partial charge in [-0.25, -0.2) is 4.98 Å². The average Bonchev–Trinajstić information content (AvgIpc) is 2.95. The summed E-state index contributed by atoms with van der Waals surface area (Å²) in [5.41, 5.74) is 2.25. The number of fused-ring (bicyclic) bond motifs is 1. The van der Waals surface area contributed by atoms with Crippen LogP contribution in [0.3, 0.4) is 0 Å². The summed E-state index contributed by atoms with van der Waals surface area (Å²) in [5, 5.41) is 1.02. The Balaban J connectivity index is 1.36. The van der Waals surface area contributed by atoms with E-state index in [-0.39, 0.29) is 5.41 Å². The molecule has 4 aliphatic rings. The van der Waals surface area contributed by atoms with Crippen LogP contribution in [0.25, 0.3) is 11.0 Å². The molecule has 4 bridgehead atoms. The molecule has 3 nitrogen and oxygen atoms in total. The topological polar surface area (TPSA) is 34.9 Å². The molecule has 0 N–H and O–H groups in total. The van der Waals surface area contributed by atoms with Crippen molar-refractivity contribution in [3.8, 4) is 0 Å². The van der Waals surface area contributed by atoms with Crippen LogP contribution in [-0.4, -0.2) is 21.1 Å². The number of imidazole rings is 1. The normalized spacial score (nSPS) is 31.9. The fourth-order valence-corrected chi connectivity index (χ4v) is 7.50. The van der Waals surface area contributed by atoms with Crippen molar-refractivity contribution in [2.45, 2.75) is 64.1 Å². The van der Waals surface area contributed by atoms with Gasteiger partial charge >= 0.3 is 0 Å². The number of hydrogen-bond donors (Lipinski definition) is 0. The lowest BCUT2D eigenvalue weighted by atomic mass is 9.48. The van der Waals surface area contributed by atoms with Crippen molar-refractivity contribution in [3.05, 3.63) is 24.3 Å². The molecule has 0 spiro atoms. The molecule has 0 amide bonds. The largest absolute Gasteiger partial charge is 0.319 e. The quantitative estimate of drug-likeness (QED) is 0.613. The number of Topliss-reactive ketones (excluding diaryl/α,β-unsaturated/α-hetero) is 1. The van der Waals surface area contributed by atoms with Gasteiger partial charge in [0.05, 0.1) is 16.8 Å². The maximum atomic E-state index is 13.4. The number of ketones is 1. The van der Waals surface area contributed by atoms with E-state index in [4.69, 9.17) is 4.98 Å². The van der Waals surface area contributed by atoms with E-state index in [1.165, 1.54) is 44.0 Å². The first-order valence-corrected chi connectivity index (χ1v) is 11.6. The van der Waals surface area contributed by atoms with Gasteiger partial charge in [0.2, 0.25) is 0 Å². The van der Waals surface area contributed by atoms with Gasteiger partial charge in [-0.3, -0.25) is 4.79 Å². The van der Waals surface area contributed by atoms with E-state index in [0.717, 1.165) is 35.0 Å². The number of nitrogens with zero attached hydrogens (tertiary/aromatic N) is 2. The number of aromatic nitrogens is 2. The maximum Gasteiger partial charge on any atom is 0.169 e. The van der Waals surface area contributed by atoms with Crippen LogP contribution >= 0.6 is 11.8 Å². The van der Waals surface area contributed by atoms with Crippen LogP contribution in [0.5, 0.6) is 0 Å². The molecule has 4 aliphatic carbocycles. The van der Waals surface area contributed by atoms with Crippen LogP contribution in [-0.2, 0) is 11.3 Å². The third-order valence-electron chi connectivity index (χ3n) is 7.13. The van der Waals surface area contributed by atoms with E-state index in [1.807, 2.05) is 6.07 Å². The predicted octanol–water partition coefficient (Wildman–Crippen LogP) is 5.57. The fraction of sp³-hybridized carbons (Fsp3) is 0.652. The Kier molecular flexibility index (Phi) is 4.38. The number of carbonyl (C=O) groups excluding carboxylic acids is 1. The van der Waals surface area contributed by atoms with Gasteiger partial charge in [0.25, 0.3) is 0 Å². The molecule has 6 rings (SSSR count). The van der Waals surface area contributed by atoms with Crippen LogP contribution in [0.2, 0.25) is 0 Å². The third kappa shape index (κ3) is 3.14. The van der Waals surface area contributed by atoms with Gasteiger partial charge in [0, 0.05) is 12.0 Å². The molecule has 0 radical (unpaired) electrons. The molecule has 4 saturated carbocycles. The highest BCUT2D eigenvalue weighted by molar-refractivity contribution is 7.99. The van der Waals surface area contributed by atoms with Gasteiger partial charge in [-0.1, -0.05) is 37.7 Å². The fourth-order valence-electron chi connectivity index (χ4n) is 6.44. The summed E-state index contributed by atoms with van der Waals surface area (Å²) >= 11 is 1.67. The summed E-state index contributed by atoms with van der Waals surface area (Å²) in [5.74, 6) is 4.14. The predicted molar refractivity (Wildman–Crippen MR) is 111 cm³/mol. The summed E-state index contributed by atoms with van der Waals surface area (Å²) in [6.07, 6.45) is 7.68. The zero-order valence-electron chi connectivity index (χ0n) is 16.5. The molecule has 4 heteroatoms. The molecular formula is C23H30N2OS. The first kappa shape index (κ1) is 17.8. The molecule has 4 fully saturated rings. The second kappa shape index (κ2) is 6.65. The first-order valence-electron chi connectivity index (χ1n) is 10.6. The van der Waals surface area contributed by atoms with Crippen molar-refractivity contribution in [2.24, 2.45) is 29.1 Å². The average molecular weight is 383 g/mol. The number of thioether (sulfide) groups is 1. The molecule has 27 heavy (non-hydrogen) atoms. The Morgan fingerprint density at radius 1 is 1.15 bits per heavy atom. The van der Waals surface area contributed by atoms with Crippen LogP contribution in [0.15, 0.2) is 29.4 Å². The minimum atomic E-state index is 0.0106. The number of carbonyl (C=O) groups is 1. The van der Waals surface area contributed by atoms with Crippen LogP contribution in [0, 0.1) is 29.1 Å². The Labute approximate surface area is 166 Å². The standard InChI is InChI=1S/C23H30N2OS/c1-15(2)13-25-20-6-4-3-5-19(20)24-22(25)27-14-21(26)23-10-16-7-17(11-23)9-18(8-16)12-23/h3-6,15-18H,7-14H2,1-2H3. The lowest BCUT2D eigenvalue weighted by molar-refractivity contribution is -0.141. The Bertz CT molecular complexity index is 833. The number of rotatable bonds is 6. The van der Waals surface area contributed by atoms with Gasteiger partial charge < -0.3 is 4.57 Å². The van der Waals surface area contributed by atoms with E-state index in [1.54, 1.807) is 11.8 Å². The molecule has 2 aromatic rings. The molecule has 1 heterocycles. The summed E-state index contributed by atoms with van der Waals surface area (Å²) in [6, 6.07) is 8.35. The molecule has 0 saturated heterocycles. The number of para-hydroxylation sites is 2. The zero-order chi connectivity index (χ0) is 18.6. The summed E-state index contributed by atoms with van der Waals surface area (Å²) < 4.78 is 2.32. The van der Waals surface area contributed by atoms with E-state index in [0.29, 0.717) is 17.5 Å². The second-order valence-electron chi connectivity index (χ2n) is 9.80. The monoisotopic (exact) mass is 382 g/mol. The molecular weight excluding hydrogens is 352 g/mol. The molecule has 1 aromatic carbocycles. The molecule has 0 atom stereocenters. The van der Waals surface area contributed by atoms with Gasteiger partial charge in [-0.15, -0.1) is 0 Å². The lowest BCUT2D eigenvalue weighted by Crippen LogP contribution is -2.50. The minimum absolute atomic E-state index is 0.0106. The van der Waals surface area contributed by atoms with E-state index in [2.05, 4.69) is 36.6 Å². The van der Waals surface area contributed by atoms with E-state index in [9.17, 15) is 4.79 Å². The van der Waals surface area contributed by atoms with Crippen molar-refractivity contribution in [2.75, 3.05) is 5.75 Å². The minimum Gasteiger partial charge on any atom is -0.319 e. The highest BCUT2D eigenvalue weighted by Gasteiger charge is 2.54. The van der Waals surface area contributed by atoms with Crippen LogP contribution in [0.1, 0.15) is 52.4 Å². The summed E-state index contributed by atoms with van der Waals surface area (Å²) in [6.45, 7) is 5.43. The van der Waals surface area contributed by atoms with Crippen molar-refractivity contribution in [1.82, 2.24) is 9.55 Å². The molecule has 1 aromatic heterocycles. The van der Waals surface area contributed by atoms with E-state index < -0.39 is 0 Å². The highest BCUT2D eigenvalue weighted by Crippen LogP contribution is 2.60. The Hall–Kier alpha value is -1.29. The van der Waals surface area contributed by atoms with Crippen molar-refractivity contribution in [3.63, 3.8) is 0 Å². The molecule has 0 aliphatic heterocycles. The van der Waals surface area contributed by atoms with Gasteiger partial charge in [-0.05, 0) is 74.3 Å². The zero-order valence-corrected chi connectivity index (χ0v) is 17.3. The smallest absolute Gasteiger partial charge is 0.169 e. The van der Waals surface area contributed by atoms with Gasteiger partial charge in [0.1, 0.15) is 5.78 Å². The highest BCUT2D eigenvalue weighted by atomic mass is 32.2. The summed E-state index contributed by atoms with van der Waals surface area (Å²) in [7, 11) is 0. The maximum absolute atomic E-state index is 13.4. The SMILES string of the molecule is CC(C)Cn1c(SCC(=O)C23CC4CC(CC(C4)C2)C3)nc2ccccc21. The third-order valence-corrected chi connectivity index (χ3v) is 8.11. The van der Waals surface area contributed by atoms with Crippen molar-refractivity contribution < 1.29 is 4.79 Å². The lowest BCUT2D eigenvalue weighted by Gasteiger charge is -2.56. The second-order valence-corrected chi connectivity index (χ2v) is 10.7. The van der Waals surface area contributed by atoms with Crippen LogP contribution in [0.4, 0.5) is 0 Å². The van der Waals surface area contributed by atoms with Crippen molar-refractivity contribution >= 4 is 28.6 Å². The molecule has 144 valence electrons. The van der Waals surface area contributed by atoms with Crippen LogP contribution < -0.4 is 0 Å². The van der Waals surface area contributed by atoms with E-state index >= 15 is 0 Å². The van der Waals surface area contributed by atoms with Crippen molar-refractivity contribution in [1.29, 1.82) is 0 Å². The summed E-state index contributed by atoms with van der Waals surface area (Å²) in [4.78, 5) is 18.2. The Morgan fingerprint density at radius 3 is 2.41 bits per heavy atom. The van der Waals surface area contributed by atoms with Gasteiger partial charge in [0.15, 0.2) is 5.16 Å². The Morgan fingerprint density at radius 2 is 1.78 bits per heavy atom. The number of hydrogen-bond acceptors (Lipinski definition) is 3. The number of benzene rings is 1. The van der Waals surface area contributed by atoms with Gasteiger partial charge in [-0.2, -0.15) is 0 Å². The first-order chi connectivity index (χ1) is 13.0. The molecule has 0 unspecified atom stereocenters.